The Bertz CT molecular complexity index is 470. The molecule has 0 unspecified atom stereocenters. The van der Waals surface area contributed by atoms with Crippen molar-refractivity contribution >= 4 is 17.2 Å². The number of piperazine rings is 1. The maximum absolute atomic E-state index is 5.71. The van der Waals surface area contributed by atoms with Crippen LogP contribution >= 0.6 is 12.2 Å². The number of rotatable bonds is 5. The Morgan fingerprint density at radius 3 is 2.45 bits per heavy atom. The van der Waals surface area contributed by atoms with Crippen LogP contribution in [0.25, 0.3) is 0 Å². The average Bonchev–Trinajstić information content (AvgIpc) is 2.48. The van der Waals surface area contributed by atoms with Crippen LogP contribution in [0.3, 0.4) is 0 Å². The molecule has 0 radical (unpaired) electrons. The van der Waals surface area contributed by atoms with Crippen molar-refractivity contribution in [2.45, 2.75) is 13.5 Å². The summed E-state index contributed by atoms with van der Waals surface area (Å²) in [7, 11) is 1.70. The number of thiocarbonyl (C=S) groups is 1. The van der Waals surface area contributed by atoms with E-state index in [1.807, 2.05) is 18.2 Å². The van der Waals surface area contributed by atoms with Gasteiger partial charge in [-0.15, -0.1) is 0 Å². The summed E-state index contributed by atoms with van der Waals surface area (Å²) < 4.78 is 5.44. The molecule has 1 aliphatic rings. The summed E-state index contributed by atoms with van der Waals surface area (Å²) in [4.78, 5) is 5.36. The third kappa shape index (κ3) is 3.69. The fourth-order valence-corrected chi connectivity index (χ4v) is 2.69. The zero-order valence-corrected chi connectivity index (χ0v) is 13.1. The summed E-state index contributed by atoms with van der Waals surface area (Å²) >= 11 is 5.05. The predicted octanol–water partition coefficient (Wildman–Crippen LogP) is 1.47. The van der Waals surface area contributed by atoms with Gasteiger partial charge in [-0.2, -0.15) is 0 Å². The van der Waals surface area contributed by atoms with Gasteiger partial charge in [0.05, 0.1) is 7.11 Å². The molecule has 20 heavy (non-hydrogen) atoms. The Labute approximate surface area is 126 Å². The molecule has 1 aromatic carbocycles. The highest BCUT2D eigenvalue weighted by molar-refractivity contribution is 7.80. The lowest BCUT2D eigenvalue weighted by Gasteiger charge is -2.34. The molecule has 1 aliphatic heterocycles. The molecular weight excluding hydrogens is 270 g/mol. The quantitative estimate of drug-likeness (QED) is 0.833. The van der Waals surface area contributed by atoms with Gasteiger partial charge in [-0.3, -0.25) is 4.90 Å². The van der Waals surface area contributed by atoms with Crippen LogP contribution in [0.15, 0.2) is 18.2 Å². The summed E-state index contributed by atoms with van der Waals surface area (Å²) in [5.74, 6) is 0.905. The molecule has 0 amide bonds. The van der Waals surface area contributed by atoms with E-state index in [2.05, 4.69) is 16.7 Å². The Kier molecular flexibility index (Phi) is 5.34. The number of nitrogens with two attached hydrogens (primary N) is 1. The van der Waals surface area contributed by atoms with Crippen molar-refractivity contribution in [3.05, 3.63) is 29.3 Å². The summed E-state index contributed by atoms with van der Waals surface area (Å²) in [6.45, 7) is 8.68. The van der Waals surface area contributed by atoms with Crippen molar-refractivity contribution in [2.24, 2.45) is 5.73 Å². The first-order valence-electron chi connectivity index (χ1n) is 7.05. The molecule has 5 heteroatoms. The van der Waals surface area contributed by atoms with Gasteiger partial charge in [0, 0.05) is 43.9 Å². The van der Waals surface area contributed by atoms with E-state index in [1.54, 1.807) is 7.11 Å². The summed E-state index contributed by atoms with van der Waals surface area (Å²) in [6, 6.07) is 5.92. The lowest BCUT2D eigenvalue weighted by atomic mass is 10.1. The largest absolute Gasteiger partial charge is 0.496 e. The van der Waals surface area contributed by atoms with Gasteiger partial charge in [0.25, 0.3) is 0 Å². The lowest BCUT2D eigenvalue weighted by Crippen LogP contribution is -2.45. The zero-order valence-electron chi connectivity index (χ0n) is 12.3. The SMILES string of the molecule is CCN1CCN(Cc2cc(C(N)=S)ccc2OC)CC1. The summed E-state index contributed by atoms with van der Waals surface area (Å²) in [5, 5.41) is 0. The Morgan fingerprint density at radius 2 is 1.90 bits per heavy atom. The van der Waals surface area contributed by atoms with Crippen LogP contribution in [-0.4, -0.2) is 54.6 Å². The molecule has 1 aromatic rings. The molecule has 0 spiro atoms. The van der Waals surface area contributed by atoms with E-state index in [0.717, 1.165) is 56.1 Å². The van der Waals surface area contributed by atoms with E-state index >= 15 is 0 Å². The zero-order chi connectivity index (χ0) is 14.5. The Hall–Kier alpha value is -1.17. The molecule has 1 saturated heterocycles. The molecule has 2 N–H and O–H groups in total. The van der Waals surface area contributed by atoms with Crippen LogP contribution in [0.4, 0.5) is 0 Å². The summed E-state index contributed by atoms with van der Waals surface area (Å²) in [5.41, 5.74) is 7.77. The monoisotopic (exact) mass is 293 g/mol. The maximum atomic E-state index is 5.71. The van der Waals surface area contributed by atoms with E-state index in [1.165, 1.54) is 0 Å². The molecule has 1 heterocycles. The molecule has 0 saturated carbocycles. The number of likely N-dealkylation sites (N-methyl/N-ethyl adjacent to an activating group) is 1. The minimum Gasteiger partial charge on any atom is -0.496 e. The van der Waals surface area contributed by atoms with E-state index in [0.29, 0.717) is 4.99 Å². The molecule has 110 valence electrons. The predicted molar refractivity (Wildman–Crippen MR) is 86.3 cm³/mol. The number of hydrogen-bond acceptors (Lipinski definition) is 4. The molecule has 1 fully saturated rings. The van der Waals surface area contributed by atoms with Crippen LogP contribution in [-0.2, 0) is 6.54 Å². The van der Waals surface area contributed by atoms with Crippen molar-refractivity contribution in [1.29, 1.82) is 0 Å². The van der Waals surface area contributed by atoms with E-state index < -0.39 is 0 Å². The van der Waals surface area contributed by atoms with Gasteiger partial charge in [-0.1, -0.05) is 19.1 Å². The van der Waals surface area contributed by atoms with Crippen molar-refractivity contribution in [1.82, 2.24) is 9.80 Å². The van der Waals surface area contributed by atoms with Gasteiger partial charge in [0.15, 0.2) is 0 Å². The molecule has 0 aromatic heterocycles. The number of hydrogen-bond donors (Lipinski definition) is 1. The first-order chi connectivity index (χ1) is 9.63. The molecule has 0 aliphatic carbocycles. The molecule has 2 rings (SSSR count). The van der Waals surface area contributed by atoms with Gasteiger partial charge >= 0.3 is 0 Å². The van der Waals surface area contributed by atoms with E-state index in [4.69, 9.17) is 22.7 Å². The van der Waals surface area contributed by atoms with Gasteiger partial charge < -0.3 is 15.4 Å². The first kappa shape index (κ1) is 15.2. The molecule has 0 atom stereocenters. The van der Waals surface area contributed by atoms with Crippen LogP contribution in [0.1, 0.15) is 18.1 Å². The standard InChI is InChI=1S/C15H23N3OS/c1-3-17-6-8-18(9-7-17)11-13-10-12(15(16)20)4-5-14(13)19-2/h4-5,10H,3,6-9,11H2,1-2H3,(H2,16,20). The minimum absolute atomic E-state index is 0.435. The van der Waals surface area contributed by atoms with Gasteiger partial charge in [0.1, 0.15) is 10.7 Å². The van der Waals surface area contributed by atoms with Gasteiger partial charge in [0.2, 0.25) is 0 Å². The van der Waals surface area contributed by atoms with Gasteiger partial charge in [-0.05, 0) is 24.7 Å². The van der Waals surface area contributed by atoms with Crippen LogP contribution in [0, 0.1) is 0 Å². The Balaban J connectivity index is 2.08. The Morgan fingerprint density at radius 1 is 1.25 bits per heavy atom. The van der Waals surface area contributed by atoms with Gasteiger partial charge in [-0.25, -0.2) is 0 Å². The third-order valence-corrected chi connectivity index (χ3v) is 4.11. The number of benzene rings is 1. The van der Waals surface area contributed by atoms with E-state index in [9.17, 15) is 0 Å². The van der Waals surface area contributed by atoms with Crippen molar-refractivity contribution in [2.75, 3.05) is 39.8 Å². The maximum Gasteiger partial charge on any atom is 0.123 e. The second kappa shape index (κ2) is 7.02. The average molecular weight is 293 g/mol. The third-order valence-electron chi connectivity index (χ3n) is 3.87. The van der Waals surface area contributed by atoms with Crippen LogP contribution in [0.2, 0.25) is 0 Å². The fraction of sp³-hybridized carbons (Fsp3) is 0.533. The number of nitrogens with zero attached hydrogens (tertiary/aromatic N) is 2. The van der Waals surface area contributed by atoms with E-state index in [-0.39, 0.29) is 0 Å². The first-order valence-corrected chi connectivity index (χ1v) is 7.46. The highest BCUT2D eigenvalue weighted by Gasteiger charge is 2.17. The number of ether oxygens (including phenoxy) is 1. The topological polar surface area (TPSA) is 41.7 Å². The second-order valence-electron chi connectivity index (χ2n) is 5.10. The lowest BCUT2D eigenvalue weighted by molar-refractivity contribution is 0.131. The van der Waals surface area contributed by atoms with Crippen molar-refractivity contribution in [3.8, 4) is 5.75 Å². The smallest absolute Gasteiger partial charge is 0.123 e. The fourth-order valence-electron chi connectivity index (χ4n) is 2.56. The highest BCUT2D eigenvalue weighted by Crippen LogP contribution is 2.22. The highest BCUT2D eigenvalue weighted by atomic mass is 32.1. The van der Waals surface area contributed by atoms with Crippen LogP contribution in [0.5, 0.6) is 5.75 Å². The second-order valence-corrected chi connectivity index (χ2v) is 5.54. The minimum atomic E-state index is 0.435. The molecule has 4 nitrogen and oxygen atoms in total. The summed E-state index contributed by atoms with van der Waals surface area (Å²) in [6.07, 6.45) is 0. The number of methoxy groups -OCH3 is 1. The molecule has 0 bridgehead atoms. The van der Waals surface area contributed by atoms with Crippen LogP contribution < -0.4 is 10.5 Å². The van der Waals surface area contributed by atoms with Crippen molar-refractivity contribution in [3.63, 3.8) is 0 Å². The normalized spacial score (nSPS) is 17.1. The van der Waals surface area contributed by atoms with Crippen molar-refractivity contribution < 1.29 is 4.74 Å². The molecular formula is C15H23N3OS.